The van der Waals surface area contributed by atoms with Crippen molar-refractivity contribution in [3.8, 4) is 0 Å². The Kier molecular flexibility index (Phi) is 6.62. The molecule has 1 amide bonds. The first-order valence-corrected chi connectivity index (χ1v) is 7.73. The lowest BCUT2D eigenvalue weighted by Gasteiger charge is -2.30. The molecule has 1 unspecified atom stereocenters. The van der Waals surface area contributed by atoms with Crippen LogP contribution in [0.3, 0.4) is 0 Å². The van der Waals surface area contributed by atoms with Gasteiger partial charge in [-0.25, -0.2) is 4.98 Å². The van der Waals surface area contributed by atoms with Crippen LogP contribution in [0, 0.1) is 11.3 Å². The van der Waals surface area contributed by atoms with Crippen LogP contribution < -0.4 is 11.1 Å². The fraction of sp³-hybridized carbons (Fsp3) is 0.600. The Morgan fingerprint density at radius 3 is 2.60 bits per heavy atom. The maximum Gasteiger partial charge on any atom is 0.224 e. The highest BCUT2D eigenvalue weighted by molar-refractivity contribution is 9.10. The van der Waals surface area contributed by atoms with Crippen LogP contribution in [0.2, 0.25) is 0 Å². The lowest BCUT2D eigenvalue weighted by molar-refractivity contribution is -0.116. The fourth-order valence-electron chi connectivity index (χ4n) is 2.19. The lowest BCUT2D eigenvalue weighted by Crippen LogP contribution is -2.25. The van der Waals surface area contributed by atoms with Crippen LogP contribution in [0.15, 0.2) is 22.9 Å². The van der Waals surface area contributed by atoms with Crippen molar-refractivity contribution < 1.29 is 4.79 Å². The first kappa shape index (κ1) is 17.1. The van der Waals surface area contributed by atoms with Gasteiger partial charge in [0.1, 0.15) is 4.60 Å². The van der Waals surface area contributed by atoms with E-state index in [9.17, 15) is 4.79 Å². The molecule has 0 saturated heterocycles. The first-order valence-electron chi connectivity index (χ1n) is 6.94. The minimum atomic E-state index is 0.0281. The molecule has 1 heterocycles. The van der Waals surface area contributed by atoms with Gasteiger partial charge in [-0.3, -0.25) is 4.79 Å². The lowest BCUT2D eigenvalue weighted by atomic mass is 9.76. The molecule has 0 aliphatic carbocycles. The zero-order chi connectivity index (χ0) is 15.2. The third-order valence-electron chi connectivity index (χ3n) is 3.47. The number of nitrogens with two attached hydrogens (primary N) is 1. The van der Waals surface area contributed by atoms with Gasteiger partial charge >= 0.3 is 0 Å². The fourth-order valence-corrected chi connectivity index (χ4v) is 2.42. The quantitative estimate of drug-likeness (QED) is 0.777. The van der Waals surface area contributed by atoms with Crippen molar-refractivity contribution >= 4 is 27.5 Å². The maximum atomic E-state index is 12.0. The van der Waals surface area contributed by atoms with Crippen LogP contribution in [0.4, 0.5) is 5.69 Å². The van der Waals surface area contributed by atoms with Gasteiger partial charge in [-0.15, -0.1) is 0 Å². The largest absolute Gasteiger partial charge is 0.330 e. The van der Waals surface area contributed by atoms with Gasteiger partial charge in [-0.2, -0.15) is 0 Å². The van der Waals surface area contributed by atoms with Gasteiger partial charge in [-0.1, -0.05) is 20.8 Å². The second kappa shape index (κ2) is 7.74. The van der Waals surface area contributed by atoms with Crippen molar-refractivity contribution in [2.45, 2.75) is 40.0 Å². The number of hydrogen-bond acceptors (Lipinski definition) is 3. The van der Waals surface area contributed by atoms with E-state index < -0.39 is 0 Å². The molecule has 1 aromatic rings. The van der Waals surface area contributed by atoms with E-state index in [-0.39, 0.29) is 11.3 Å². The van der Waals surface area contributed by atoms with Crippen molar-refractivity contribution in [3.05, 3.63) is 22.9 Å². The van der Waals surface area contributed by atoms with Crippen molar-refractivity contribution in [1.29, 1.82) is 0 Å². The normalized spacial score (nSPS) is 13.1. The van der Waals surface area contributed by atoms with Gasteiger partial charge in [0, 0.05) is 6.42 Å². The van der Waals surface area contributed by atoms with Gasteiger partial charge in [0.2, 0.25) is 5.91 Å². The van der Waals surface area contributed by atoms with Crippen LogP contribution in [-0.2, 0) is 4.79 Å². The van der Waals surface area contributed by atoms with E-state index in [1.54, 1.807) is 6.20 Å². The molecule has 0 radical (unpaired) electrons. The Bertz CT molecular complexity index is 426. The third-order valence-corrected chi connectivity index (χ3v) is 3.94. The molecule has 0 aliphatic rings. The molecule has 0 saturated carbocycles. The number of halogens is 1. The van der Waals surface area contributed by atoms with E-state index in [1.165, 1.54) is 0 Å². The second-order valence-corrected chi connectivity index (χ2v) is 6.91. The molecule has 0 fully saturated rings. The van der Waals surface area contributed by atoms with Crippen molar-refractivity contribution in [3.63, 3.8) is 0 Å². The Hall–Kier alpha value is -0.940. The number of hydrogen-bond donors (Lipinski definition) is 2. The summed E-state index contributed by atoms with van der Waals surface area (Å²) >= 11 is 3.26. The van der Waals surface area contributed by atoms with E-state index in [2.05, 4.69) is 47.0 Å². The number of carbonyl (C=O) groups is 1. The first-order chi connectivity index (χ1) is 9.32. The highest BCUT2D eigenvalue weighted by Crippen LogP contribution is 2.32. The van der Waals surface area contributed by atoms with Crippen LogP contribution >= 0.6 is 15.9 Å². The summed E-state index contributed by atoms with van der Waals surface area (Å²) in [4.78, 5) is 16.0. The van der Waals surface area contributed by atoms with Crippen molar-refractivity contribution in [2.24, 2.45) is 17.1 Å². The van der Waals surface area contributed by atoms with Crippen LogP contribution in [0.25, 0.3) is 0 Å². The summed E-state index contributed by atoms with van der Waals surface area (Å²) in [5.74, 6) is 0.488. The highest BCUT2D eigenvalue weighted by Gasteiger charge is 2.24. The summed E-state index contributed by atoms with van der Waals surface area (Å²) in [6.07, 6.45) is 3.97. The summed E-state index contributed by atoms with van der Waals surface area (Å²) < 4.78 is 0.756. The highest BCUT2D eigenvalue weighted by atomic mass is 79.9. The second-order valence-electron chi connectivity index (χ2n) is 6.10. The number of nitrogens with one attached hydrogen (secondary N) is 1. The number of carbonyl (C=O) groups excluding carboxylic acids is 1. The Labute approximate surface area is 129 Å². The molecule has 1 atom stereocenters. The van der Waals surface area contributed by atoms with Crippen LogP contribution in [-0.4, -0.2) is 17.4 Å². The summed E-state index contributed by atoms with van der Waals surface area (Å²) in [6.45, 7) is 7.26. The SMILES string of the molecule is CC(C)(C)C(CCN)CCC(=O)Nc1ccc(Br)nc1. The van der Waals surface area contributed by atoms with E-state index in [0.717, 1.165) is 23.1 Å². The van der Waals surface area contributed by atoms with Gasteiger partial charge in [0.15, 0.2) is 0 Å². The summed E-state index contributed by atoms with van der Waals surface area (Å²) in [7, 11) is 0. The van der Waals surface area contributed by atoms with E-state index in [4.69, 9.17) is 5.73 Å². The zero-order valence-electron chi connectivity index (χ0n) is 12.4. The van der Waals surface area contributed by atoms with E-state index in [1.807, 2.05) is 12.1 Å². The number of nitrogens with zero attached hydrogens (tertiary/aromatic N) is 1. The number of amides is 1. The van der Waals surface area contributed by atoms with E-state index in [0.29, 0.717) is 18.9 Å². The average Bonchev–Trinajstić information content (AvgIpc) is 2.36. The van der Waals surface area contributed by atoms with Crippen molar-refractivity contribution in [2.75, 3.05) is 11.9 Å². The Morgan fingerprint density at radius 1 is 1.40 bits per heavy atom. The predicted octanol–water partition coefficient (Wildman–Crippen LogP) is 3.57. The number of pyridine rings is 1. The third kappa shape index (κ3) is 6.01. The average molecular weight is 342 g/mol. The topological polar surface area (TPSA) is 68.0 Å². The van der Waals surface area contributed by atoms with Gasteiger partial charge < -0.3 is 11.1 Å². The summed E-state index contributed by atoms with van der Waals surface area (Å²) in [5.41, 5.74) is 6.56. The molecule has 0 spiro atoms. The van der Waals surface area contributed by atoms with Gasteiger partial charge in [0.05, 0.1) is 11.9 Å². The maximum absolute atomic E-state index is 12.0. The monoisotopic (exact) mass is 341 g/mol. The van der Waals surface area contributed by atoms with Crippen LogP contribution in [0.5, 0.6) is 0 Å². The molecular weight excluding hydrogens is 318 g/mol. The number of aromatic nitrogens is 1. The molecular formula is C15H24BrN3O. The minimum Gasteiger partial charge on any atom is -0.330 e. The van der Waals surface area contributed by atoms with Gasteiger partial charge in [0.25, 0.3) is 0 Å². The molecule has 4 nitrogen and oxygen atoms in total. The standard InChI is InChI=1S/C15H24BrN3O/c1-15(2,3)11(8-9-17)4-7-14(20)19-12-5-6-13(16)18-10-12/h5-6,10-11H,4,7-9,17H2,1-3H3,(H,19,20). The number of rotatable bonds is 6. The molecule has 0 aromatic carbocycles. The molecule has 112 valence electrons. The molecule has 0 aliphatic heterocycles. The van der Waals surface area contributed by atoms with E-state index >= 15 is 0 Å². The Balaban J connectivity index is 2.47. The number of anilines is 1. The smallest absolute Gasteiger partial charge is 0.224 e. The minimum absolute atomic E-state index is 0.0281. The molecule has 3 N–H and O–H groups in total. The summed E-state index contributed by atoms with van der Waals surface area (Å²) in [5, 5.41) is 2.86. The Morgan fingerprint density at radius 2 is 2.10 bits per heavy atom. The van der Waals surface area contributed by atoms with Crippen molar-refractivity contribution in [1.82, 2.24) is 4.98 Å². The predicted molar refractivity (Wildman–Crippen MR) is 86.4 cm³/mol. The molecule has 1 aromatic heterocycles. The molecule has 0 bridgehead atoms. The van der Waals surface area contributed by atoms with Crippen LogP contribution in [0.1, 0.15) is 40.0 Å². The molecule has 1 rings (SSSR count). The van der Waals surface area contributed by atoms with Gasteiger partial charge in [-0.05, 0) is 58.8 Å². The molecule has 20 heavy (non-hydrogen) atoms. The summed E-state index contributed by atoms with van der Waals surface area (Å²) in [6, 6.07) is 3.64. The molecule has 5 heteroatoms. The zero-order valence-corrected chi connectivity index (χ0v) is 14.0.